The largest absolute Gasteiger partial charge is 0.352 e. The predicted molar refractivity (Wildman–Crippen MR) is 87.7 cm³/mol. The third-order valence-corrected chi connectivity index (χ3v) is 3.89. The van der Waals surface area contributed by atoms with E-state index in [1.54, 1.807) is 24.3 Å². The minimum absolute atomic E-state index is 0.0114. The van der Waals surface area contributed by atoms with Crippen molar-refractivity contribution in [3.8, 4) is 6.07 Å². The van der Waals surface area contributed by atoms with Crippen molar-refractivity contribution in [2.24, 2.45) is 0 Å². The first-order valence-corrected chi connectivity index (χ1v) is 7.87. The summed E-state index contributed by atoms with van der Waals surface area (Å²) in [7, 11) is 0. The molecule has 1 unspecified atom stereocenters. The highest BCUT2D eigenvalue weighted by Crippen LogP contribution is 2.14. The van der Waals surface area contributed by atoms with Crippen LogP contribution in [0.2, 0.25) is 0 Å². The van der Waals surface area contributed by atoms with Gasteiger partial charge in [-0.05, 0) is 31.5 Å². The molecule has 23 heavy (non-hydrogen) atoms. The van der Waals surface area contributed by atoms with Crippen molar-refractivity contribution in [3.05, 3.63) is 29.8 Å². The second-order valence-corrected chi connectivity index (χ2v) is 5.80. The SMILES string of the molecule is CC(=O)NC1CCCN(CCC(=O)Nc2ccccc2C#N)C1. The summed E-state index contributed by atoms with van der Waals surface area (Å²) in [6.07, 6.45) is 2.37. The Labute approximate surface area is 136 Å². The lowest BCUT2D eigenvalue weighted by molar-refractivity contribution is -0.120. The van der Waals surface area contributed by atoms with Crippen LogP contribution in [0.15, 0.2) is 24.3 Å². The van der Waals surface area contributed by atoms with Crippen molar-refractivity contribution >= 4 is 17.5 Å². The molecule has 122 valence electrons. The first kappa shape index (κ1) is 17.0. The summed E-state index contributed by atoms with van der Waals surface area (Å²) >= 11 is 0. The number of hydrogen-bond donors (Lipinski definition) is 2. The van der Waals surface area contributed by atoms with Gasteiger partial charge in [0.05, 0.1) is 11.3 Å². The number of para-hydroxylation sites is 1. The van der Waals surface area contributed by atoms with Gasteiger partial charge in [-0.1, -0.05) is 12.1 Å². The molecule has 1 aliphatic heterocycles. The Morgan fingerprint density at radius 2 is 2.17 bits per heavy atom. The molecule has 1 aliphatic rings. The second kappa shape index (κ2) is 8.30. The van der Waals surface area contributed by atoms with Crippen molar-refractivity contribution in [1.29, 1.82) is 5.26 Å². The quantitative estimate of drug-likeness (QED) is 0.862. The van der Waals surface area contributed by atoms with E-state index in [2.05, 4.69) is 21.6 Å². The van der Waals surface area contributed by atoms with Crippen LogP contribution in [0.4, 0.5) is 5.69 Å². The van der Waals surface area contributed by atoms with Crippen LogP contribution in [0, 0.1) is 11.3 Å². The number of rotatable bonds is 5. The lowest BCUT2D eigenvalue weighted by Crippen LogP contribution is -2.47. The van der Waals surface area contributed by atoms with E-state index in [-0.39, 0.29) is 17.9 Å². The molecule has 0 radical (unpaired) electrons. The van der Waals surface area contributed by atoms with Gasteiger partial charge in [0.25, 0.3) is 0 Å². The Balaban J connectivity index is 1.80. The average Bonchev–Trinajstić information content (AvgIpc) is 2.53. The van der Waals surface area contributed by atoms with Crippen molar-refractivity contribution in [2.45, 2.75) is 32.2 Å². The summed E-state index contributed by atoms with van der Waals surface area (Å²) < 4.78 is 0. The van der Waals surface area contributed by atoms with Crippen molar-refractivity contribution in [3.63, 3.8) is 0 Å². The van der Waals surface area contributed by atoms with Crippen LogP contribution in [0.25, 0.3) is 0 Å². The number of nitrogens with zero attached hydrogens (tertiary/aromatic N) is 2. The Morgan fingerprint density at radius 1 is 1.39 bits per heavy atom. The van der Waals surface area contributed by atoms with E-state index in [0.717, 1.165) is 25.9 Å². The molecule has 0 saturated carbocycles. The molecule has 2 N–H and O–H groups in total. The van der Waals surface area contributed by atoms with Crippen molar-refractivity contribution in [2.75, 3.05) is 25.0 Å². The number of anilines is 1. The van der Waals surface area contributed by atoms with Crippen LogP contribution in [0.3, 0.4) is 0 Å². The molecule has 1 atom stereocenters. The highest BCUT2D eigenvalue weighted by Gasteiger charge is 2.20. The van der Waals surface area contributed by atoms with Gasteiger partial charge in [0.2, 0.25) is 11.8 Å². The van der Waals surface area contributed by atoms with Crippen LogP contribution in [0.1, 0.15) is 31.7 Å². The van der Waals surface area contributed by atoms with Gasteiger partial charge in [0.15, 0.2) is 0 Å². The van der Waals surface area contributed by atoms with E-state index in [4.69, 9.17) is 5.26 Å². The number of carbonyl (C=O) groups is 2. The fourth-order valence-corrected chi connectivity index (χ4v) is 2.83. The monoisotopic (exact) mass is 314 g/mol. The van der Waals surface area contributed by atoms with E-state index >= 15 is 0 Å². The third-order valence-electron chi connectivity index (χ3n) is 3.89. The number of amides is 2. The molecule has 1 fully saturated rings. The molecule has 1 saturated heterocycles. The van der Waals surface area contributed by atoms with E-state index in [9.17, 15) is 9.59 Å². The zero-order valence-electron chi connectivity index (χ0n) is 13.3. The maximum atomic E-state index is 12.1. The Bertz CT molecular complexity index is 609. The number of carbonyl (C=O) groups excluding carboxylic acids is 2. The predicted octanol–water partition coefficient (Wildman–Crippen LogP) is 1.49. The van der Waals surface area contributed by atoms with E-state index < -0.39 is 0 Å². The van der Waals surface area contributed by atoms with Crippen LogP contribution < -0.4 is 10.6 Å². The molecule has 1 aromatic rings. The first-order valence-electron chi connectivity index (χ1n) is 7.87. The van der Waals surface area contributed by atoms with Gasteiger partial charge in [-0.3, -0.25) is 9.59 Å². The number of benzene rings is 1. The molecule has 0 spiro atoms. The lowest BCUT2D eigenvalue weighted by Gasteiger charge is -2.32. The van der Waals surface area contributed by atoms with Gasteiger partial charge >= 0.3 is 0 Å². The van der Waals surface area contributed by atoms with Crippen LogP contribution in [-0.4, -0.2) is 42.4 Å². The smallest absolute Gasteiger partial charge is 0.225 e. The van der Waals surface area contributed by atoms with Crippen LogP contribution in [0.5, 0.6) is 0 Å². The van der Waals surface area contributed by atoms with Gasteiger partial charge < -0.3 is 15.5 Å². The van der Waals surface area contributed by atoms with Gasteiger partial charge in [0.1, 0.15) is 6.07 Å². The van der Waals surface area contributed by atoms with Crippen molar-refractivity contribution < 1.29 is 9.59 Å². The standard InChI is InChI=1S/C17H22N4O2/c1-13(22)19-15-6-4-9-21(12-15)10-8-17(23)20-16-7-3-2-5-14(16)11-18/h2-3,5,7,15H,4,6,8-10,12H2,1H3,(H,19,22)(H,20,23). The zero-order chi connectivity index (χ0) is 16.7. The van der Waals surface area contributed by atoms with Crippen molar-refractivity contribution in [1.82, 2.24) is 10.2 Å². The summed E-state index contributed by atoms with van der Waals surface area (Å²) in [5.74, 6) is -0.114. The third kappa shape index (κ3) is 5.38. The van der Waals surface area contributed by atoms with E-state index in [1.807, 2.05) is 0 Å². The maximum absolute atomic E-state index is 12.1. The fourth-order valence-electron chi connectivity index (χ4n) is 2.83. The minimum atomic E-state index is -0.102. The van der Waals surface area contributed by atoms with Gasteiger partial charge in [-0.15, -0.1) is 0 Å². The highest BCUT2D eigenvalue weighted by molar-refractivity contribution is 5.92. The molecule has 6 heteroatoms. The van der Waals surface area contributed by atoms with Crippen LogP contribution >= 0.6 is 0 Å². The maximum Gasteiger partial charge on any atom is 0.225 e. The summed E-state index contributed by atoms with van der Waals surface area (Å²) in [6, 6.07) is 9.20. The molecule has 1 aromatic carbocycles. The van der Waals surface area contributed by atoms with E-state index in [0.29, 0.717) is 24.2 Å². The normalized spacial score (nSPS) is 18.0. The summed E-state index contributed by atoms with van der Waals surface area (Å²) in [5.41, 5.74) is 1.01. The number of likely N-dealkylation sites (tertiary alicyclic amines) is 1. The molecular formula is C17H22N4O2. The van der Waals surface area contributed by atoms with Gasteiger partial charge in [0, 0.05) is 32.5 Å². The Kier molecular flexibility index (Phi) is 6.12. The summed E-state index contributed by atoms with van der Waals surface area (Å²) in [5, 5.41) is 14.7. The number of nitrogens with one attached hydrogen (secondary N) is 2. The Morgan fingerprint density at radius 3 is 2.91 bits per heavy atom. The highest BCUT2D eigenvalue weighted by atomic mass is 16.2. The van der Waals surface area contributed by atoms with Gasteiger partial charge in [-0.2, -0.15) is 5.26 Å². The topological polar surface area (TPSA) is 85.2 Å². The molecule has 1 heterocycles. The molecule has 2 rings (SSSR count). The Hall–Kier alpha value is -2.39. The molecule has 0 aromatic heterocycles. The fraction of sp³-hybridized carbons (Fsp3) is 0.471. The molecular weight excluding hydrogens is 292 g/mol. The molecule has 0 aliphatic carbocycles. The number of nitriles is 1. The second-order valence-electron chi connectivity index (χ2n) is 5.80. The number of piperidine rings is 1. The van der Waals surface area contributed by atoms with Crippen LogP contribution in [-0.2, 0) is 9.59 Å². The van der Waals surface area contributed by atoms with Gasteiger partial charge in [-0.25, -0.2) is 0 Å². The summed E-state index contributed by atoms with van der Waals surface area (Å²) in [4.78, 5) is 25.4. The lowest BCUT2D eigenvalue weighted by atomic mass is 10.1. The minimum Gasteiger partial charge on any atom is -0.352 e. The zero-order valence-corrected chi connectivity index (χ0v) is 13.3. The first-order chi connectivity index (χ1) is 11.1. The average molecular weight is 314 g/mol. The molecule has 2 amide bonds. The molecule has 6 nitrogen and oxygen atoms in total. The molecule has 0 bridgehead atoms. The summed E-state index contributed by atoms with van der Waals surface area (Å²) in [6.45, 7) is 3.90. The van der Waals surface area contributed by atoms with E-state index in [1.165, 1.54) is 6.92 Å². The number of hydrogen-bond acceptors (Lipinski definition) is 4.